The fraction of sp³-hybridized carbons (Fsp3) is 0.350. The first-order valence-corrected chi connectivity index (χ1v) is 9.38. The first-order valence-electron chi connectivity index (χ1n) is 8.62. The fourth-order valence-corrected chi connectivity index (χ4v) is 3.46. The van der Waals surface area contributed by atoms with Crippen LogP contribution in [0.5, 0.6) is 11.5 Å². The summed E-state index contributed by atoms with van der Waals surface area (Å²) in [5, 5.41) is 1.13. The summed E-state index contributed by atoms with van der Waals surface area (Å²) in [6.45, 7) is 1.91. The van der Waals surface area contributed by atoms with Gasteiger partial charge in [0.05, 0.1) is 7.11 Å². The third kappa shape index (κ3) is 4.43. The Labute approximate surface area is 163 Å². The molecule has 0 atom stereocenters. The van der Waals surface area contributed by atoms with E-state index in [1.54, 1.807) is 37.4 Å². The van der Waals surface area contributed by atoms with Crippen LogP contribution >= 0.6 is 23.2 Å². The van der Waals surface area contributed by atoms with Crippen LogP contribution in [0, 0.1) is 0 Å². The number of nitrogens with zero attached hydrogens (tertiary/aromatic N) is 1. The summed E-state index contributed by atoms with van der Waals surface area (Å²) in [5.41, 5.74) is 1.44. The Morgan fingerprint density at radius 2 is 1.81 bits per heavy atom. The summed E-state index contributed by atoms with van der Waals surface area (Å²) in [6, 6.07) is 10.5. The van der Waals surface area contributed by atoms with Crippen LogP contribution in [0.2, 0.25) is 10.0 Å². The van der Waals surface area contributed by atoms with Crippen LogP contribution in [-0.4, -0.2) is 31.0 Å². The van der Waals surface area contributed by atoms with Gasteiger partial charge in [-0.2, -0.15) is 0 Å². The largest absolute Gasteiger partial charge is 0.493 e. The van der Waals surface area contributed by atoms with Crippen molar-refractivity contribution < 1.29 is 14.3 Å². The maximum atomic E-state index is 12.6. The Morgan fingerprint density at radius 3 is 2.50 bits per heavy atom. The Hall–Kier alpha value is -1.91. The van der Waals surface area contributed by atoms with Crippen LogP contribution < -0.4 is 9.47 Å². The molecule has 0 radical (unpaired) electrons. The zero-order valence-electron chi connectivity index (χ0n) is 14.6. The van der Waals surface area contributed by atoms with E-state index in [1.165, 1.54) is 6.42 Å². The Kier molecular flexibility index (Phi) is 6.28. The maximum absolute atomic E-state index is 12.6. The summed E-state index contributed by atoms with van der Waals surface area (Å²) >= 11 is 12.1. The van der Waals surface area contributed by atoms with Gasteiger partial charge in [-0.15, -0.1) is 0 Å². The molecule has 0 bridgehead atoms. The van der Waals surface area contributed by atoms with Gasteiger partial charge in [0.25, 0.3) is 5.91 Å². The lowest BCUT2D eigenvalue weighted by atomic mass is 10.1. The summed E-state index contributed by atoms with van der Waals surface area (Å²) in [4.78, 5) is 14.5. The van der Waals surface area contributed by atoms with Crippen LogP contribution in [0.3, 0.4) is 0 Å². The van der Waals surface area contributed by atoms with Crippen LogP contribution in [-0.2, 0) is 6.61 Å². The number of hydrogen-bond acceptors (Lipinski definition) is 3. The number of hydrogen-bond donors (Lipinski definition) is 0. The minimum Gasteiger partial charge on any atom is -0.493 e. The fourth-order valence-electron chi connectivity index (χ4n) is 2.99. The van der Waals surface area contributed by atoms with E-state index in [0.717, 1.165) is 31.5 Å². The van der Waals surface area contributed by atoms with Crippen molar-refractivity contribution in [3.8, 4) is 11.5 Å². The molecule has 0 spiro atoms. The van der Waals surface area contributed by atoms with Gasteiger partial charge in [0.1, 0.15) is 6.61 Å². The van der Waals surface area contributed by atoms with Crippen molar-refractivity contribution in [2.24, 2.45) is 0 Å². The molecule has 3 rings (SSSR count). The van der Waals surface area contributed by atoms with Gasteiger partial charge in [-0.3, -0.25) is 4.79 Å². The average Bonchev–Trinajstić information content (AvgIpc) is 2.67. The van der Waals surface area contributed by atoms with Crippen molar-refractivity contribution in [3.63, 3.8) is 0 Å². The zero-order chi connectivity index (χ0) is 18.5. The van der Waals surface area contributed by atoms with Crippen LogP contribution in [0.15, 0.2) is 36.4 Å². The van der Waals surface area contributed by atoms with Crippen LogP contribution in [0.25, 0.3) is 0 Å². The van der Waals surface area contributed by atoms with Crippen molar-refractivity contribution >= 4 is 29.1 Å². The number of methoxy groups -OCH3 is 1. The molecule has 1 saturated heterocycles. The molecule has 26 heavy (non-hydrogen) atoms. The van der Waals surface area contributed by atoms with Gasteiger partial charge in [-0.1, -0.05) is 29.3 Å². The topological polar surface area (TPSA) is 38.8 Å². The van der Waals surface area contributed by atoms with E-state index < -0.39 is 0 Å². The van der Waals surface area contributed by atoms with E-state index in [4.69, 9.17) is 32.7 Å². The highest BCUT2D eigenvalue weighted by atomic mass is 35.5. The molecule has 1 aliphatic rings. The smallest absolute Gasteiger partial charge is 0.253 e. The molecule has 1 fully saturated rings. The molecule has 1 aliphatic heterocycles. The van der Waals surface area contributed by atoms with Crippen molar-refractivity contribution in [3.05, 3.63) is 57.6 Å². The molecule has 0 aliphatic carbocycles. The monoisotopic (exact) mass is 393 g/mol. The quantitative estimate of drug-likeness (QED) is 0.699. The highest BCUT2D eigenvalue weighted by Gasteiger charge is 2.19. The van der Waals surface area contributed by atoms with Gasteiger partial charge in [0.2, 0.25) is 0 Å². The number of benzene rings is 2. The average molecular weight is 394 g/mol. The lowest BCUT2D eigenvalue weighted by Crippen LogP contribution is -2.35. The summed E-state index contributed by atoms with van der Waals surface area (Å²) < 4.78 is 11.2. The van der Waals surface area contributed by atoms with Crippen molar-refractivity contribution in [2.45, 2.75) is 25.9 Å². The lowest BCUT2D eigenvalue weighted by molar-refractivity contribution is 0.0724. The summed E-state index contributed by atoms with van der Waals surface area (Å²) in [6.07, 6.45) is 3.31. The molecular weight excluding hydrogens is 373 g/mol. The normalized spacial score (nSPS) is 14.2. The molecule has 0 N–H and O–H groups in total. The number of halogens is 2. The van der Waals surface area contributed by atoms with Gasteiger partial charge in [0, 0.05) is 34.3 Å². The minimum atomic E-state index is 0.0373. The standard InChI is InChI=1S/C20H21Cl2NO3/c1-25-19-11-14(20(24)23-9-3-2-4-10-23)6-8-18(19)26-13-15-5-7-16(21)12-17(15)22/h5-8,11-12H,2-4,9-10,13H2,1H3. The Bertz CT molecular complexity index is 789. The molecule has 2 aromatic carbocycles. The predicted molar refractivity (Wildman–Crippen MR) is 104 cm³/mol. The number of ether oxygens (including phenoxy) is 2. The Morgan fingerprint density at radius 1 is 1.04 bits per heavy atom. The molecular formula is C20H21Cl2NO3. The van der Waals surface area contributed by atoms with Gasteiger partial charge in [-0.25, -0.2) is 0 Å². The van der Waals surface area contributed by atoms with E-state index in [-0.39, 0.29) is 12.5 Å². The predicted octanol–water partition coefficient (Wildman–Crippen LogP) is 5.21. The second-order valence-corrected chi connectivity index (χ2v) is 7.09. The van der Waals surface area contributed by atoms with Crippen LogP contribution in [0.1, 0.15) is 35.2 Å². The van der Waals surface area contributed by atoms with E-state index in [0.29, 0.717) is 27.1 Å². The van der Waals surface area contributed by atoms with E-state index >= 15 is 0 Å². The Balaban J connectivity index is 1.73. The number of carbonyl (C=O) groups is 1. The number of piperidine rings is 1. The molecule has 2 aromatic rings. The van der Waals surface area contributed by atoms with Gasteiger partial charge >= 0.3 is 0 Å². The third-order valence-electron chi connectivity index (χ3n) is 4.45. The zero-order valence-corrected chi connectivity index (χ0v) is 16.1. The molecule has 138 valence electrons. The first kappa shape index (κ1) is 18.9. The van der Waals surface area contributed by atoms with E-state index in [1.807, 2.05) is 11.0 Å². The number of likely N-dealkylation sites (tertiary alicyclic amines) is 1. The third-order valence-corrected chi connectivity index (χ3v) is 5.04. The van der Waals surface area contributed by atoms with E-state index in [2.05, 4.69) is 0 Å². The number of carbonyl (C=O) groups excluding carboxylic acids is 1. The maximum Gasteiger partial charge on any atom is 0.253 e. The number of rotatable bonds is 5. The minimum absolute atomic E-state index is 0.0373. The number of amides is 1. The molecule has 0 unspecified atom stereocenters. The van der Waals surface area contributed by atoms with Gasteiger partial charge in [-0.05, 0) is 49.6 Å². The molecule has 1 amide bonds. The van der Waals surface area contributed by atoms with Crippen molar-refractivity contribution in [1.29, 1.82) is 0 Å². The second-order valence-electron chi connectivity index (χ2n) is 6.24. The second kappa shape index (κ2) is 8.65. The SMILES string of the molecule is COc1cc(C(=O)N2CCCCC2)ccc1OCc1ccc(Cl)cc1Cl. The van der Waals surface area contributed by atoms with Gasteiger partial charge < -0.3 is 14.4 Å². The highest BCUT2D eigenvalue weighted by molar-refractivity contribution is 6.35. The molecule has 4 nitrogen and oxygen atoms in total. The van der Waals surface area contributed by atoms with E-state index in [9.17, 15) is 4.79 Å². The summed E-state index contributed by atoms with van der Waals surface area (Å²) in [5.74, 6) is 1.13. The molecule has 1 heterocycles. The summed E-state index contributed by atoms with van der Waals surface area (Å²) in [7, 11) is 1.56. The van der Waals surface area contributed by atoms with Crippen molar-refractivity contribution in [1.82, 2.24) is 4.90 Å². The molecule has 0 saturated carbocycles. The van der Waals surface area contributed by atoms with Crippen LogP contribution in [0.4, 0.5) is 0 Å². The first-order chi connectivity index (χ1) is 12.6. The molecule has 0 aromatic heterocycles. The van der Waals surface area contributed by atoms with Gasteiger partial charge in [0.15, 0.2) is 11.5 Å². The highest BCUT2D eigenvalue weighted by Crippen LogP contribution is 2.31. The van der Waals surface area contributed by atoms with Crippen molar-refractivity contribution in [2.75, 3.05) is 20.2 Å². The molecule has 6 heteroatoms. The lowest BCUT2D eigenvalue weighted by Gasteiger charge is -2.27.